The summed E-state index contributed by atoms with van der Waals surface area (Å²) >= 11 is 0. The number of oxazole rings is 2. The molecule has 0 fully saturated rings. The van der Waals surface area contributed by atoms with Gasteiger partial charge in [-0.1, -0.05) is 542 Å². The van der Waals surface area contributed by atoms with Crippen molar-refractivity contribution < 1.29 is 37.3 Å². The third-order valence-electron chi connectivity index (χ3n) is 26.9. The second-order valence-corrected chi connectivity index (χ2v) is 39.1. The van der Waals surface area contributed by atoms with Crippen LogP contribution in [-0.4, -0.2) is 49.6 Å². The predicted octanol–water partition coefficient (Wildman–Crippen LogP) is 40.5. The zero-order valence-corrected chi connectivity index (χ0v) is 84.3. The molecule has 0 N–H and O–H groups in total. The van der Waals surface area contributed by atoms with Crippen LogP contribution in [0.25, 0.3) is 45.1 Å². The number of hydrogen-bond acceptors (Lipinski definition) is 10. The highest BCUT2D eigenvalue weighted by Gasteiger charge is 2.24. The average molecular weight is 1750 g/mol. The summed E-state index contributed by atoms with van der Waals surface area (Å²) in [5.74, 6) is 5.28. The van der Waals surface area contributed by atoms with E-state index >= 15 is 0 Å². The summed E-state index contributed by atoms with van der Waals surface area (Å²) in [6.45, 7) is 17.6. The molecule has 5 rings (SSSR count). The van der Waals surface area contributed by atoms with Crippen molar-refractivity contribution in [2.45, 2.75) is 581 Å². The largest absolute Gasteiger partial charge is 0.490 e. The van der Waals surface area contributed by atoms with E-state index in [1.54, 1.807) is 0 Å². The normalized spacial score (nSPS) is 11.7. The van der Waals surface area contributed by atoms with Crippen LogP contribution >= 0.6 is 0 Å². The molecule has 0 aliphatic rings. The smallest absolute Gasteiger partial charge is 0.227 e. The van der Waals surface area contributed by atoms with Gasteiger partial charge in [0.15, 0.2) is 34.2 Å². The molecular weight excluding hydrogens is 1550 g/mol. The average Bonchev–Trinajstić information content (AvgIpc) is 1.56. The molecule has 0 saturated heterocycles. The lowest BCUT2D eigenvalue weighted by Crippen LogP contribution is -2.07. The Morgan fingerprint density at radius 3 is 0.452 bits per heavy atom. The van der Waals surface area contributed by atoms with Crippen molar-refractivity contribution in [2.24, 2.45) is 0 Å². The van der Waals surface area contributed by atoms with E-state index in [-0.39, 0.29) is 0 Å². The van der Waals surface area contributed by atoms with Gasteiger partial charge in [0.1, 0.15) is 11.0 Å². The molecule has 0 radical (unpaired) electrons. The Balaban J connectivity index is 1.38. The first kappa shape index (κ1) is 112. The molecule has 3 aromatic carbocycles. The minimum absolute atomic E-state index is 0.505. The van der Waals surface area contributed by atoms with E-state index in [0.29, 0.717) is 108 Å². The minimum atomic E-state index is 0.505. The van der Waals surface area contributed by atoms with Gasteiger partial charge in [0.05, 0.1) is 39.6 Å². The van der Waals surface area contributed by atoms with Crippen molar-refractivity contribution in [3.8, 4) is 57.4 Å². The molecule has 0 bridgehead atoms. The fraction of sp³-hybridized carbons (Fsp3) is 0.828. The Hall–Kier alpha value is -4.60. The molecule has 0 unspecified atom stereocenters. The van der Waals surface area contributed by atoms with E-state index in [1.165, 1.54) is 462 Å². The third-order valence-corrected chi connectivity index (χ3v) is 26.9. The first-order chi connectivity index (χ1) is 62.5. The molecule has 126 heavy (non-hydrogen) atoms. The van der Waals surface area contributed by atoms with Gasteiger partial charge >= 0.3 is 0 Å². The number of hydrogen-bond donors (Lipinski definition) is 0. The van der Waals surface area contributed by atoms with Gasteiger partial charge in [0.25, 0.3) is 0 Å². The van der Waals surface area contributed by atoms with E-state index in [0.717, 1.165) is 88.2 Å². The van der Waals surface area contributed by atoms with Crippen molar-refractivity contribution in [2.75, 3.05) is 39.6 Å². The molecule has 726 valence electrons. The van der Waals surface area contributed by atoms with Gasteiger partial charge in [-0.15, -0.1) is 0 Å². The van der Waals surface area contributed by atoms with Crippen molar-refractivity contribution >= 4 is 22.2 Å². The molecule has 0 amide bonds. The summed E-state index contributed by atoms with van der Waals surface area (Å²) in [6, 6.07) is 12.4. The molecule has 0 spiro atoms. The number of fused-ring (bicyclic) bond motifs is 2. The van der Waals surface area contributed by atoms with E-state index in [9.17, 15) is 0 Å². The first-order valence-electron chi connectivity index (χ1n) is 56.4. The summed E-state index contributed by atoms with van der Waals surface area (Å²) in [6.07, 6.45) is 111. The maximum Gasteiger partial charge on any atom is 0.227 e. The van der Waals surface area contributed by atoms with E-state index < -0.39 is 0 Å². The molecule has 0 aliphatic heterocycles. The van der Waals surface area contributed by atoms with E-state index in [1.807, 2.05) is 12.1 Å². The lowest BCUT2D eigenvalue weighted by atomic mass is 10.0. The van der Waals surface area contributed by atoms with Crippen LogP contribution in [0.2, 0.25) is 0 Å². The molecule has 0 atom stereocenters. The fourth-order valence-electron chi connectivity index (χ4n) is 18.6. The topological polar surface area (TPSA) is 107 Å². The summed E-state index contributed by atoms with van der Waals surface area (Å²) < 4.78 is 55.3. The Morgan fingerprint density at radius 1 is 0.167 bits per heavy atom. The zero-order chi connectivity index (χ0) is 89.0. The molecule has 0 aliphatic carbocycles. The van der Waals surface area contributed by atoms with Gasteiger partial charge in [-0.3, -0.25) is 0 Å². The van der Waals surface area contributed by atoms with E-state index in [2.05, 4.69) is 65.8 Å². The van der Waals surface area contributed by atoms with Crippen LogP contribution in [0.5, 0.6) is 34.5 Å². The number of unbranched alkanes of at least 4 members (excludes halogenated alkanes) is 78. The maximum atomic E-state index is 6.92. The van der Waals surface area contributed by atoms with Crippen LogP contribution in [0.15, 0.2) is 45.2 Å². The minimum Gasteiger partial charge on any atom is -0.490 e. The van der Waals surface area contributed by atoms with Gasteiger partial charge in [-0.2, -0.15) is 0 Å². The first-order valence-corrected chi connectivity index (χ1v) is 56.4. The van der Waals surface area contributed by atoms with Gasteiger partial charge in [0, 0.05) is 23.3 Å². The number of rotatable bonds is 98. The standard InChI is InChI=1S/C116H204N2O8/c1-7-13-19-25-31-37-43-49-55-61-67-73-79-85-91-119-109-97-103(98-110(120-92-86-80-74-68-62-56-50-44-38-32-26-20-14-8-2)113(109)123-95-89-83-77-71-65-59-53-47-41-35-29-23-17-11-5)115-117-105-101-108-106(102-107(105)125-115)118-116(126-108)104-99-111(121-93-87-81-75-69-63-57-51-45-39-33-27-21-15-9-3)114(124-96-90-84-78-72-66-60-54-48-42-36-30-24-18-12-6)112(100-104)122-94-88-82-76-70-64-58-52-46-40-34-28-22-16-10-4/h97-102H,7-96H2,1-6H3. The Kier molecular flexibility index (Phi) is 74.1. The second-order valence-electron chi connectivity index (χ2n) is 39.1. The van der Waals surface area contributed by atoms with Crippen molar-refractivity contribution in [1.29, 1.82) is 0 Å². The fourth-order valence-corrected chi connectivity index (χ4v) is 18.6. The molecule has 10 heteroatoms. The summed E-state index contributed by atoms with van der Waals surface area (Å²) in [7, 11) is 0. The van der Waals surface area contributed by atoms with Gasteiger partial charge in [-0.25, -0.2) is 9.97 Å². The number of aromatic nitrogens is 2. The van der Waals surface area contributed by atoms with Crippen molar-refractivity contribution in [3.63, 3.8) is 0 Å². The van der Waals surface area contributed by atoms with Gasteiger partial charge in [0.2, 0.25) is 23.3 Å². The monoisotopic (exact) mass is 1750 g/mol. The van der Waals surface area contributed by atoms with Gasteiger partial charge < -0.3 is 37.3 Å². The van der Waals surface area contributed by atoms with Crippen LogP contribution in [0.1, 0.15) is 581 Å². The highest BCUT2D eigenvalue weighted by Crippen LogP contribution is 2.46. The Bertz CT molecular complexity index is 2800. The second kappa shape index (κ2) is 83.5. The van der Waals surface area contributed by atoms with Crippen LogP contribution < -0.4 is 28.4 Å². The van der Waals surface area contributed by atoms with Crippen LogP contribution in [0, 0.1) is 0 Å². The predicted molar refractivity (Wildman–Crippen MR) is 547 cm³/mol. The number of ether oxygens (including phenoxy) is 6. The van der Waals surface area contributed by atoms with Crippen LogP contribution in [0.4, 0.5) is 0 Å². The third kappa shape index (κ3) is 58.3. The number of benzene rings is 3. The lowest BCUT2D eigenvalue weighted by molar-refractivity contribution is 0.234. The van der Waals surface area contributed by atoms with Crippen molar-refractivity contribution in [1.82, 2.24) is 9.97 Å². The molecule has 5 aromatic rings. The summed E-state index contributed by atoms with van der Waals surface area (Å²) in [4.78, 5) is 10.5. The van der Waals surface area contributed by atoms with Crippen LogP contribution in [-0.2, 0) is 0 Å². The summed E-state index contributed by atoms with van der Waals surface area (Å²) in [5, 5.41) is 0. The molecule has 2 aromatic heterocycles. The van der Waals surface area contributed by atoms with Crippen LogP contribution in [0.3, 0.4) is 0 Å². The van der Waals surface area contributed by atoms with E-state index in [4.69, 9.17) is 47.2 Å². The highest BCUT2D eigenvalue weighted by atomic mass is 16.5. The molecule has 10 nitrogen and oxygen atoms in total. The SMILES string of the molecule is CCCCCCCCCCCCCCCCOc1cc(-c2nc3cc4oc(-c5cc(OCCCCCCCCCCCCCCCC)c(OCCCCCCCCCCCCCCCC)c(OCCCCCCCCCCCCCCCC)c5)nc4cc3o2)cc(OCCCCCCCCCCCCCCCC)c1OCCCCCCCCCCCCCCCC. The number of nitrogens with zero attached hydrogens (tertiary/aromatic N) is 2. The Morgan fingerprint density at radius 2 is 0.302 bits per heavy atom. The lowest BCUT2D eigenvalue weighted by Gasteiger charge is -2.18. The molecule has 2 heterocycles. The molecular formula is C116H204N2O8. The maximum absolute atomic E-state index is 6.92. The quantitative estimate of drug-likeness (QED) is 0.0349. The highest BCUT2D eigenvalue weighted by molar-refractivity contribution is 5.91. The Labute approximate surface area is 779 Å². The van der Waals surface area contributed by atoms with Crippen molar-refractivity contribution in [3.05, 3.63) is 36.4 Å². The molecule has 0 saturated carbocycles. The van der Waals surface area contributed by atoms with Gasteiger partial charge in [-0.05, 0) is 62.8 Å². The zero-order valence-electron chi connectivity index (χ0n) is 84.3. The summed E-state index contributed by atoms with van der Waals surface area (Å²) in [5.41, 5.74) is 4.31.